The maximum absolute atomic E-state index is 15.3. The van der Waals surface area contributed by atoms with Crippen molar-refractivity contribution in [2.24, 2.45) is 5.41 Å². The fourth-order valence-electron chi connectivity index (χ4n) is 5.76. The Balaban J connectivity index is 1.16. The summed E-state index contributed by atoms with van der Waals surface area (Å²) in [6.07, 6.45) is 8.47. The van der Waals surface area contributed by atoms with Gasteiger partial charge in [-0.15, -0.1) is 0 Å². The number of nitrogens with zero attached hydrogens (tertiary/aromatic N) is 3. The lowest BCUT2D eigenvalue weighted by molar-refractivity contribution is 0.190. The number of halogens is 3. The van der Waals surface area contributed by atoms with E-state index < -0.39 is 6.10 Å². The van der Waals surface area contributed by atoms with Gasteiger partial charge in [0, 0.05) is 34.9 Å². The second-order valence-electron chi connectivity index (χ2n) is 10.8. The third-order valence-electron chi connectivity index (χ3n) is 8.29. The predicted octanol–water partition coefficient (Wildman–Crippen LogP) is 7.12. The number of rotatable bonds is 8. The number of alkyl halides is 1. The highest BCUT2D eigenvalue weighted by Gasteiger charge is 2.43. The molecule has 3 heterocycles. The molecule has 1 saturated heterocycles. The van der Waals surface area contributed by atoms with E-state index in [0.29, 0.717) is 28.6 Å². The Morgan fingerprint density at radius 2 is 1.97 bits per heavy atom. The SMILES string of the molecule is COc1cc(Cl)ccc1[C@H]1C=C(F)c2cccc(C3CCN(Cc4nccn4CC4(CF)CC4)CC3)c2O1. The second-order valence-corrected chi connectivity index (χ2v) is 11.3. The number of piperidine rings is 1. The normalized spacial score (nSPS) is 20.9. The fourth-order valence-corrected chi connectivity index (χ4v) is 5.92. The zero-order chi connectivity index (χ0) is 26.3. The number of para-hydroxylation sites is 1. The molecule has 200 valence electrons. The molecule has 1 aliphatic carbocycles. The second kappa shape index (κ2) is 10.3. The Bertz CT molecular complexity index is 1350. The van der Waals surface area contributed by atoms with E-state index in [4.69, 9.17) is 21.1 Å². The molecule has 1 aromatic heterocycles. The molecule has 0 spiro atoms. The average molecular weight is 540 g/mol. The summed E-state index contributed by atoms with van der Waals surface area (Å²) in [5.41, 5.74) is 2.10. The van der Waals surface area contributed by atoms with Crippen LogP contribution < -0.4 is 9.47 Å². The van der Waals surface area contributed by atoms with Gasteiger partial charge in [0.15, 0.2) is 0 Å². The van der Waals surface area contributed by atoms with Gasteiger partial charge in [0.2, 0.25) is 0 Å². The van der Waals surface area contributed by atoms with Gasteiger partial charge in [-0.2, -0.15) is 0 Å². The lowest BCUT2D eigenvalue weighted by Gasteiger charge is -2.34. The van der Waals surface area contributed by atoms with Gasteiger partial charge in [-0.05, 0) is 80.6 Å². The highest BCUT2D eigenvalue weighted by Crippen LogP contribution is 2.48. The molecule has 2 aromatic carbocycles. The Morgan fingerprint density at radius 1 is 1.16 bits per heavy atom. The van der Waals surface area contributed by atoms with Gasteiger partial charge in [0.1, 0.15) is 29.3 Å². The molecule has 2 fully saturated rings. The minimum absolute atomic E-state index is 0.174. The molecule has 8 heteroatoms. The van der Waals surface area contributed by atoms with E-state index in [-0.39, 0.29) is 23.8 Å². The Labute approximate surface area is 227 Å². The van der Waals surface area contributed by atoms with Crippen molar-refractivity contribution >= 4 is 17.4 Å². The molecule has 0 amide bonds. The first-order valence-corrected chi connectivity index (χ1v) is 13.7. The van der Waals surface area contributed by atoms with E-state index in [1.54, 1.807) is 25.3 Å². The van der Waals surface area contributed by atoms with Gasteiger partial charge in [-0.1, -0.05) is 23.7 Å². The van der Waals surface area contributed by atoms with Crippen LogP contribution in [0.25, 0.3) is 5.83 Å². The molecule has 3 aromatic rings. The van der Waals surface area contributed by atoms with Crippen LogP contribution in [0.2, 0.25) is 5.02 Å². The molecule has 0 unspecified atom stereocenters. The largest absolute Gasteiger partial charge is 0.496 e. The molecule has 2 aliphatic heterocycles. The quantitative estimate of drug-likeness (QED) is 0.305. The van der Waals surface area contributed by atoms with Crippen LogP contribution in [-0.2, 0) is 13.1 Å². The molecular weight excluding hydrogens is 508 g/mol. The highest BCUT2D eigenvalue weighted by molar-refractivity contribution is 6.30. The van der Waals surface area contributed by atoms with Crippen molar-refractivity contribution in [1.82, 2.24) is 14.5 Å². The van der Waals surface area contributed by atoms with Crippen molar-refractivity contribution in [2.75, 3.05) is 26.9 Å². The Kier molecular flexibility index (Phi) is 6.91. The van der Waals surface area contributed by atoms with Gasteiger partial charge < -0.3 is 14.0 Å². The fraction of sp³-hybridized carbons (Fsp3) is 0.433. The van der Waals surface area contributed by atoms with Crippen molar-refractivity contribution in [3.63, 3.8) is 0 Å². The number of fused-ring (bicyclic) bond motifs is 1. The number of methoxy groups -OCH3 is 1. The van der Waals surface area contributed by atoms with Crippen LogP contribution in [0.15, 0.2) is 54.9 Å². The maximum atomic E-state index is 15.3. The summed E-state index contributed by atoms with van der Waals surface area (Å²) in [4.78, 5) is 6.97. The lowest BCUT2D eigenvalue weighted by Crippen LogP contribution is -2.34. The van der Waals surface area contributed by atoms with Crippen LogP contribution in [-0.4, -0.2) is 41.3 Å². The van der Waals surface area contributed by atoms with Crippen molar-refractivity contribution in [2.45, 2.75) is 50.8 Å². The minimum Gasteiger partial charge on any atom is -0.496 e. The van der Waals surface area contributed by atoms with Crippen LogP contribution in [0, 0.1) is 5.41 Å². The van der Waals surface area contributed by atoms with E-state index >= 15 is 4.39 Å². The molecule has 3 aliphatic rings. The molecule has 0 N–H and O–H groups in total. The zero-order valence-corrected chi connectivity index (χ0v) is 22.3. The van der Waals surface area contributed by atoms with Crippen LogP contribution in [0.4, 0.5) is 8.78 Å². The highest BCUT2D eigenvalue weighted by atomic mass is 35.5. The molecular formula is C30H32ClF2N3O2. The Morgan fingerprint density at radius 3 is 2.71 bits per heavy atom. The third kappa shape index (κ3) is 4.94. The number of ether oxygens (including phenoxy) is 2. The van der Waals surface area contributed by atoms with Gasteiger partial charge in [-0.3, -0.25) is 9.29 Å². The summed E-state index contributed by atoms with van der Waals surface area (Å²) in [7, 11) is 1.57. The smallest absolute Gasteiger partial charge is 0.149 e. The molecule has 0 radical (unpaired) electrons. The average Bonchev–Trinajstić information content (AvgIpc) is 3.59. The standard InChI is InChI=1S/C30H32ClF2N3O2/c1-37-26-15-21(31)5-6-24(26)27-16-25(33)23-4-2-3-22(29(23)38-27)20-7-12-35(13-8-20)17-28-34-11-14-36(28)19-30(18-32)9-10-30/h2-6,11,14-16,20,27H,7-10,12-13,17-19H2,1H3/t27-/m1/s1. The van der Waals surface area contributed by atoms with E-state index in [1.807, 2.05) is 24.5 Å². The number of hydrogen-bond acceptors (Lipinski definition) is 4. The molecule has 1 saturated carbocycles. The predicted molar refractivity (Wildman–Crippen MR) is 144 cm³/mol. The first-order valence-electron chi connectivity index (χ1n) is 13.3. The van der Waals surface area contributed by atoms with E-state index in [1.165, 1.54) is 6.08 Å². The van der Waals surface area contributed by atoms with Crippen molar-refractivity contribution in [3.05, 3.63) is 82.4 Å². The van der Waals surface area contributed by atoms with E-state index in [0.717, 1.165) is 62.3 Å². The third-order valence-corrected chi connectivity index (χ3v) is 8.52. The van der Waals surface area contributed by atoms with Crippen molar-refractivity contribution in [1.29, 1.82) is 0 Å². The zero-order valence-electron chi connectivity index (χ0n) is 21.5. The maximum Gasteiger partial charge on any atom is 0.149 e. The van der Waals surface area contributed by atoms with Crippen molar-refractivity contribution in [3.8, 4) is 11.5 Å². The monoisotopic (exact) mass is 539 g/mol. The topological polar surface area (TPSA) is 39.5 Å². The van der Waals surface area contributed by atoms with Crippen LogP contribution in [0.3, 0.4) is 0 Å². The first kappa shape index (κ1) is 25.4. The van der Waals surface area contributed by atoms with Crippen LogP contribution >= 0.6 is 11.6 Å². The van der Waals surface area contributed by atoms with Gasteiger partial charge in [-0.25, -0.2) is 9.37 Å². The summed E-state index contributed by atoms with van der Waals surface area (Å²) >= 11 is 6.14. The summed E-state index contributed by atoms with van der Waals surface area (Å²) in [6.45, 7) is 3.01. The number of aromatic nitrogens is 2. The van der Waals surface area contributed by atoms with E-state index in [9.17, 15) is 4.39 Å². The molecule has 0 bridgehead atoms. The molecule has 1 atom stereocenters. The minimum atomic E-state index is -0.603. The van der Waals surface area contributed by atoms with Crippen molar-refractivity contribution < 1.29 is 18.3 Å². The number of imidazole rings is 1. The number of benzene rings is 2. The van der Waals surface area contributed by atoms with Gasteiger partial charge >= 0.3 is 0 Å². The van der Waals surface area contributed by atoms with Gasteiger partial charge in [0.25, 0.3) is 0 Å². The molecule has 6 rings (SSSR count). The lowest BCUT2D eigenvalue weighted by atomic mass is 9.86. The summed E-state index contributed by atoms with van der Waals surface area (Å²) < 4.78 is 42.8. The van der Waals surface area contributed by atoms with E-state index in [2.05, 4.69) is 20.5 Å². The number of likely N-dealkylation sites (tertiary alicyclic amines) is 1. The first-order chi connectivity index (χ1) is 18.5. The molecule has 38 heavy (non-hydrogen) atoms. The Hall–Kier alpha value is -2.90. The summed E-state index contributed by atoms with van der Waals surface area (Å²) in [5, 5.41) is 0.552. The summed E-state index contributed by atoms with van der Waals surface area (Å²) in [5.74, 6) is 2.15. The molecule has 5 nitrogen and oxygen atoms in total. The number of hydrogen-bond donors (Lipinski definition) is 0. The van der Waals surface area contributed by atoms with Crippen LogP contribution in [0.5, 0.6) is 11.5 Å². The van der Waals surface area contributed by atoms with Crippen LogP contribution in [0.1, 0.15) is 60.2 Å². The van der Waals surface area contributed by atoms with Gasteiger partial charge in [0.05, 0.1) is 25.9 Å². The summed E-state index contributed by atoms with van der Waals surface area (Å²) in [6, 6.07) is 11.1.